The number of carbonyl (C=O) groups excluding carboxylic acids is 2. The molecule has 0 bridgehead atoms. The van der Waals surface area contributed by atoms with Gasteiger partial charge in [0.15, 0.2) is 6.10 Å². The molecule has 194 valence electrons. The first-order valence-corrected chi connectivity index (χ1v) is 11.3. The minimum absolute atomic E-state index is 0.0991. The van der Waals surface area contributed by atoms with E-state index in [0.29, 0.717) is 35.6 Å². The molecule has 0 spiro atoms. The number of rotatable bonds is 14. The van der Waals surface area contributed by atoms with Gasteiger partial charge in [-0.1, -0.05) is 30.4 Å². The Labute approximate surface area is 210 Å². The SMILES string of the molecule is COc1ccc(NC(=O)O[C@H](c2ccc(OCCO)cc2)[C@@H](CC/C=C/C=C/C(=O)NO)OC)cc1. The van der Waals surface area contributed by atoms with E-state index in [-0.39, 0.29) is 13.2 Å². The molecule has 0 aliphatic carbocycles. The molecule has 2 rings (SSSR count). The molecule has 36 heavy (non-hydrogen) atoms. The second-order valence-corrected chi connectivity index (χ2v) is 7.44. The highest BCUT2D eigenvalue weighted by molar-refractivity contribution is 5.86. The molecule has 0 aliphatic heterocycles. The van der Waals surface area contributed by atoms with Gasteiger partial charge in [-0.3, -0.25) is 15.3 Å². The minimum atomic E-state index is -0.732. The van der Waals surface area contributed by atoms with Crippen LogP contribution in [-0.4, -0.2) is 55.9 Å². The van der Waals surface area contributed by atoms with E-state index in [1.807, 2.05) is 6.08 Å². The summed E-state index contributed by atoms with van der Waals surface area (Å²) in [6, 6.07) is 13.9. The van der Waals surface area contributed by atoms with E-state index in [4.69, 9.17) is 29.3 Å². The average molecular weight is 501 g/mol. The van der Waals surface area contributed by atoms with Crippen LogP contribution in [0, 0.1) is 0 Å². The van der Waals surface area contributed by atoms with Gasteiger partial charge < -0.3 is 24.1 Å². The van der Waals surface area contributed by atoms with Crippen LogP contribution in [0.3, 0.4) is 0 Å². The Morgan fingerprint density at radius 1 is 1.00 bits per heavy atom. The molecule has 10 nitrogen and oxygen atoms in total. The van der Waals surface area contributed by atoms with Gasteiger partial charge in [0.1, 0.15) is 18.1 Å². The van der Waals surface area contributed by atoms with Crippen molar-refractivity contribution in [2.75, 3.05) is 32.8 Å². The van der Waals surface area contributed by atoms with Crippen molar-refractivity contribution in [3.8, 4) is 11.5 Å². The molecule has 2 aromatic rings. The maximum absolute atomic E-state index is 12.7. The number of hydrogen-bond donors (Lipinski definition) is 4. The van der Waals surface area contributed by atoms with Crippen molar-refractivity contribution in [3.63, 3.8) is 0 Å². The van der Waals surface area contributed by atoms with Gasteiger partial charge in [0.05, 0.1) is 19.8 Å². The number of amides is 2. The van der Waals surface area contributed by atoms with E-state index in [2.05, 4.69) is 5.32 Å². The summed E-state index contributed by atoms with van der Waals surface area (Å²) in [6.07, 6.45) is 5.39. The number of allylic oxidation sites excluding steroid dienone is 3. The first-order chi connectivity index (χ1) is 17.5. The number of hydroxylamine groups is 1. The zero-order valence-corrected chi connectivity index (χ0v) is 20.3. The Bertz CT molecular complexity index is 990. The van der Waals surface area contributed by atoms with Crippen LogP contribution in [0.25, 0.3) is 0 Å². The van der Waals surface area contributed by atoms with Gasteiger partial charge in [-0.15, -0.1) is 0 Å². The van der Waals surface area contributed by atoms with Crippen molar-refractivity contribution >= 4 is 17.7 Å². The molecule has 0 radical (unpaired) electrons. The molecule has 0 heterocycles. The molecule has 0 saturated heterocycles. The summed E-state index contributed by atoms with van der Waals surface area (Å²) in [5.74, 6) is 0.608. The van der Waals surface area contributed by atoms with Crippen molar-refractivity contribution < 1.29 is 38.9 Å². The normalized spacial score (nSPS) is 12.8. The maximum Gasteiger partial charge on any atom is 0.412 e. The fourth-order valence-electron chi connectivity index (χ4n) is 3.22. The predicted molar refractivity (Wildman–Crippen MR) is 133 cm³/mol. The Balaban J connectivity index is 2.13. The van der Waals surface area contributed by atoms with Gasteiger partial charge in [-0.2, -0.15) is 0 Å². The smallest absolute Gasteiger partial charge is 0.412 e. The van der Waals surface area contributed by atoms with Crippen molar-refractivity contribution in [1.82, 2.24) is 5.48 Å². The lowest BCUT2D eigenvalue weighted by molar-refractivity contribution is -0.124. The van der Waals surface area contributed by atoms with Gasteiger partial charge in [-0.25, -0.2) is 10.3 Å². The van der Waals surface area contributed by atoms with E-state index in [1.54, 1.807) is 61.7 Å². The fraction of sp³-hybridized carbons (Fsp3) is 0.308. The lowest BCUT2D eigenvalue weighted by atomic mass is 10.00. The number of benzene rings is 2. The zero-order chi connectivity index (χ0) is 26.2. The Hall–Kier alpha value is -3.86. The van der Waals surface area contributed by atoms with Crippen LogP contribution in [0.1, 0.15) is 24.5 Å². The summed E-state index contributed by atoms with van der Waals surface area (Å²) < 4.78 is 22.0. The number of nitrogens with one attached hydrogen (secondary N) is 2. The van der Waals surface area contributed by atoms with E-state index < -0.39 is 24.2 Å². The van der Waals surface area contributed by atoms with Gasteiger partial charge >= 0.3 is 6.09 Å². The number of aliphatic hydroxyl groups is 1. The number of hydrogen-bond acceptors (Lipinski definition) is 8. The van der Waals surface area contributed by atoms with Crippen LogP contribution in [0.5, 0.6) is 11.5 Å². The number of anilines is 1. The molecule has 0 aliphatic rings. The summed E-state index contributed by atoms with van der Waals surface area (Å²) in [7, 11) is 3.10. The van der Waals surface area contributed by atoms with E-state index in [9.17, 15) is 9.59 Å². The minimum Gasteiger partial charge on any atom is -0.497 e. The summed E-state index contributed by atoms with van der Waals surface area (Å²) in [5.41, 5.74) is 2.76. The highest BCUT2D eigenvalue weighted by Crippen LogP contribution is 2.29. The number of aliphatic hydroxyl groups excluding tert-OH is 1. The summed E-state index contributed by atoms with van der Waals surface area (Å²) in [5, 5.41) is 20.2. The first kappa shape index (κ1) is 28.4. The first-order valence-electron chi connectivity index (χ1n) is 11.3. The zero-order valence-electron chi connectivity index (χ0n) is 20.3. The van der Waals surface area contributed by atoms with Gasteiger partial charge in [0.2, 0.25) is 0 Å². The van der Waals surface area contributed by atoms with Crippen molar-refractivity contribution in [3.05, 3.63) is 78.4 Å². The topological polar surface area (TPSA) is 136 Å². The molecular weight excluding hydrogens is 468 g/mol. The van der Waals surface area contributed by atoms with Gasteiger partial charge in [0.25, 0.3) is 5.91 Å². The molecule has 0 saturated carbocycles. The van der Waals surface area contributed by atoms with Crippen LogP contribution in [0.15, 0.2) is 72.8 Å². The quantitative estimate of drug-likeness (QED) is 0.133. The van der Waals surface area contributed by atoms with E-state index in [1.165, 1.54) is 24.7 Å². The molecule has 10 heteroatoms. The molecule has 2 amide bonds. The standard InChI is InChI=1S/C26H32N2O8/c1-33-21-15-11-20(12-16-21)27-26(31)36-25(19-9-13-22(14-10-19)35-18-17-29)23(34-2)7-5-3-4-6-8-24(30)28-32/h3-4,6,8-16,23,25,29,32H,5,7,17-18H2,1-2H3,(H,27,31)(H,28,30)/b4-3+,8-6+/t23-,25-/m1/s1. The second kappa shape index (κ2) is 15.9. The van der Waals surface area contributed by atoms with Crippen LogP contribution in [0.4, 0.5) is 10.5 Å². The average Bonchev–Trinajstić information content (AvgIpc) is 2.91. The fourth-order valence-corrected chi connectivity index (χ4v) is 3.22. The monoisotopic (exact) mass is 500 g/mol. The number of methoxy groups -OCH3 is 2. The van der Waals surface area contributed by atoms with E-state index >= 15 is 0 Å². The lowest BCUT2D eigenvalue weighted by Gasteiger charge is -2.26. The van der Waals surface area contributed by atoms with Gasteiger partial charge in [0, 0.05) is 18.9 Å². The largest absolute Gasteiger partial charge is 0.497 e. The molecule has 2 atom stereocenters. The second-order valence-electron chi connectivity index (χ2n) is 7.44. The highest BCUT2D eigenvalue weighted by atomic mass is 16.6. The Morgan fingerprint density at radius 3 is 2.31 bits per heavy atom. The molecular formula is C26H32N2O8. The molecule has 4 N–H and O–H groups in total. The van der Waals surface area contributed by atoms with Crippen LogP contribution < -0.4 is 20.3 Å². The maximum atomic E-state index is 12.7. The predicted octanol–water partition coefficient (Wildman–Crippen LogP) is 3.77. The van der Waals surface area contributed by atoms with Crippen LogP contribution in [0.2, 0.25) is 0 Å². The van der Waals surface area contributed by atoms with Crippen molar-refractivity contribution in [1.29, 1.82) is 0 Å². The third-order valence-corrected chi connectivity index (χ3v) is 5.00. The third-order valence-electron chi connectivity index (χ3n) is 5.00. The molecule has 2 aromatic carbocycles. The number of carbonyl (C=O) groups is 2. The number of ether oxygens (including phenoxy) is 4. The lowest BCUT2D eigenvalue weighted by Crippen LogP contribution is -2.28. The highest BCUT2D eigenvalue weighted by Gasteiger charge is 2.27. The molecule has 0 unspecified atom stereocenters. The van der Waals surface area contributed by atoms with Crippen molar-refractivity contribution in [2.45, 2.75) is 25.0 Å². The molecule has 0 fully saturated rings. The van der Waals surface area contributed by atoms with Gasteiger partial charge in [-0.05, 0) is 54.8 Å². The summed E-state index contributed by atoms with van der Waals surface area (Å²) in [6.45, 7) is 0.0725. The third kappa shape index (κ3) is 9.79. The Kier molecular flexibility index (Phi) is 12.6. The van der Waals surface area contributed by atoms with Crippen LogP contribution in [-0.2, 0) is 14.3 Å². The van der Waals surface area contributed by atoms with E-state index in [0.717, 1.165) is 0 Å². The van der Waals surface area contributed by atoms with Crippen LogP contribution >= 0.6 is 0 Å². The molecule has 0 aromatic heterocycles. The summed E-state index contributed by atoms with van der Waals surface area (Å²) >= 11 is 0. The van der Waals surface area contributed by atoms with Crippen molar-refractivity contribution in [2.24, 2.45) is 0 Å². The Morgan fingerprint density at radius 2 is 1.69 bits per heavy atom. The summed E-state index contributed by atoms with van der Waals surface area (Å²) in [4.78, 5) is 23.7.